The van der Waals surface area contributed by atoms with E-state index in [2.05, 4.69) is 31.3 Å². The molecule has 0 radical (unpaired) electrons. The van der Waals surface area contributed by atoms with Crippen LogP contribution in [0.15, 0.2) is 18.2 Å². The average molecular weight is 221 g/mol. The highest BCUT2D eigenvalue weighted by Gasteiger charge is 2.05. The van der Waals surface area contributed by atoms with Gasteiger partial charge in [0.2, 0.25) is 0 Å². The molecule has 0 fully saturated rings. The Kier molecular flexibility index (Phi) is 4.35. The minimum atomic E-state index is -0.742. The summed E-state index contributed by atoms with van der Waals surface area (Å²) in [4.78, 5) is 10.4. The fourth-order valence-electron chi connectivity index (χ4n) is 1.53. The van der Waals surface area contributed by atoms with Gasteiger partial charge in [0.1, 0.15) is 0 Å². The largest absolute Gasteiger partial charge is 0.481 e. The van der Waals surface area contributed by atoms with Crippen molar-refractivity contribution in [1.29, 1.82) is 0 Å². The fourth-order valence-corrected chi connectivity index (χ4v) is 1.53. The van der Waals surface area contributed by atoms with Crippen LogP contribution in [0.4, 0.5) is 5.69 Å². The second-order valence-corrected chi connectivity index (χ2v) is 4.28. The number of hydrogen-bond acceptors (Lipinski definition) is 2. The van der Waals surface area contributed by atoms with Crippen LogP contribution < -0.4 is 5.32 Å². The summed E-state index contributed by atoms with van der Waals surface area (Å²) in [5.41, 5.74) is 3.57. The summed E-state index contributed by atoms with van der Waals surface area (Å²) in [5, 5.41) is 11.9. The van der Waals surface area contributed by atoms with Gasteiger partial charge in [-0.05, 0) is 50.5 Å². The summed E-state index contributed by atoms with van der Waals surface area (Å²) in [5.74, 6) is -0.742. The highest BCUT2D eigenvalue weighted by atomic mass is 16.4. The Labute approximate surface area is 96.5 Å². The van der Waals surface area contributed by atoms with E-state index in [0.717, 1.165) is 5.69 Å². The Morgan fingerprint density at radius 3 is 2.62 bits per heavy atom. The van der Waals surface area contributed by atoms with Gasteiger partial charge in [0, 0.05) is 18.2 Å². The van der Waals surface area contributed by atoms with Gasteiger partial charge in [0.15, 0.2) is 0 Å². The zero-order valence-corrected chi connectivity index (χ0v) is 10.1. The maximum Gasteiger partial charge on any atom is 0.303 e. The van der Waals surface area contributed by atoms with E-state index >= 15 is 0 Å². The lowest BCUT2D eigenvalue weighted by Gasteiger charge is -2.15. The summed E-state index contributed by atoms with van der Waals surface area (Å²) in [7, 11) is 0. The molecule has 0 aliphatic rings. The van der Waals surface area contributed by atoms with E-state index in [4.69, 9.17) is 5.11 Å². The topological polar surface area (TPSA) is 49.3 Å². The third kappa shape index (κ3) is 3.93. The lowest BCUT2D eigenvalue weighted by Crippen LogP contribution is -2.16. The van der Waals surface area contributed by atoms with Crippen molar-refractivity contribution in [3.63, 3.8) is 0 Å². The number of anilines is 1. The Morgan fingerprint density at radius 2 is 2.06 bits per heavy atom. The Balaban J connectivity index is 2.52. The molecule has 1 atom stereocenters. The van der Waals surface area contributed by atoms with E-state index in [1.165, 1.54) is 11.1 Å². The molecule has 0 saturated heterocycles. The molecule has 3 heteroatoms. The molecule has 16 heavy (non-hydrogen) atoms. The fraction of sp³-hybridized carbons (Fsp3) is 0.462. The standard InChI is InChI=1S/C13H19NO2/c1-9-4-6-12(8-10(9)2)14-11(3)5-7-13(15)16/h4,6,8,11,14H,5,7H2,1-3H3,(H,15,16). The van der Waals surface area contributed by atoms with Gasteiger partial charge in [-0.15, -0.1) is 0 Å². The zero-order chi connectivity index (χ0) is 12.1. The Bertz CT molecular complexity index is 374. The molecule has 0 aromatic heterocycles. The van der Waals surface area contributed by atoms with E-state index in [0.29, 0.717) is 6.42 Å². The van der Waals surface area contributed by atoms with Crippen LogP contribution in [0.2, 0.25) is 0 Å². The van der Waals surface area contributed by atoms with E-state index in [1.54, 1.807) is 0 Å². The molecule has 2 N–H and O–H groups in total. The molecule has 1 aromatic rings. The number of carbonyl (C=O) groups is 1. The summed E-state index contributed by atoms with van der Waals surface area (Å²) in [6, 6.07) is 6.37. The van der Waals surface area contributed by atoms with Crippen molar-refractivity contribution in [3.05, 3.63) is 29.3 Å². The number of aryl methyl sites for hydroxylation is 2. The summed E-state index contributed by atoms with van der Waals surface area (Å²) < 4.78 is 0. The molecule has 0 bridgehead atoms. The summed E-state index contributed by atoms with van der Waals surface area (Å²) in [6.07, 6.45) is 0.848. The number of rotatable bonds is 5. The van der Waals surface area contributed by atoms with Gasteiger partial charge in [-0.1, -0.05) is 6.07 Å². The molecule has 1 rings (SSSR count). The van der Waals surface area contributed by atoms with Crippen molar-refractivity contribution >= 4 is 11.7 Å². The highest BCUT2D eigenvalue weighted by Crippen LogP contribution is 2.16. The van der Waals surface area contributed by atoms with Gasteiger partial charge >= 0.3 is 5.97 Å². The van der Waals surface area contributed by atoms with Crippen molar-refractivity contribution in [2.45, 2.75) is 39.7 Å². The first-order chi connectivity index (χ1) is 7.49. The first-order valence-corrected chi connectivity index (χ1v) is 5.54. The molecular formula is C13H19NO2. The van der Waals surface area contributed by atoms with Crippen LogP contribution in [0.5, 0.6) is 0 Å². The molecule has 0 aliphatic carbocycles. The van der Waals surface area contributed by atoms with Crippen molar-refractivity contribution in [2.75, 3.05) is 5.32 Å². The smallest absolute Gasteiger partial charge is 0.303 e. The monoisotopic (exact) mass is 221 g/mol. The van der Waals surface area contributed by atoms with E-state index in [-0.39, 0.29) is 12.5 Å². The number of carboxylic acid groups (broad SMARTS) is 1. The molecule has 0 saturated carbocycles. The summed E-state index contributed by atoms with van der Waals surface area (Å²) in [6.45, 7) is 6.15. The highest BCUT2D eigenvalue weighted by molar-refractivity contribution is 5.66. The molecule has 1 aromatic carbocycles. The van der Waals surface area contributed by atoms with Crippen LogP contribution in [0.3, 0.4) is 0 Å². The van der Waals surface area contributed by atoms with Gasteiger partial charge < -0.3 is 10.4 Å². The van der Waals surface area contributed by atoms with Crippen molar-refractivity contribution in [3.8, 4) is 0 Å². The third-order valence-electron chi connectivity index (χ3n) is 2.71. The Morgan fingerprint density at radius 1 is 1.38 bits per heavy atom. The molecule has 0 spiro atoms. The molecule has 0 heterocycles. The molecule has 0 aliphatic heterocycles. The van der Waals surface area contributed by atoms with Crippen LogP contribution >= 0.6 is 0 Å². The van der Waals surface area contributed by atoms with E-state index < -0.39 is 5.97 Å². The molecular weight excluding hydrogens is 202 g/mol. The Hall–Kier alpha value is -1.51. The average Bonchev–Trinajstić information content (AvgIpc) is 2.21. The van der Waals surface area contributed by atoms with Crippen molar-refractivity contribution in [1.82, 2.24) is 0 Å². The maximum atomic E-state index is 10.4. The number of nitrogens with one attached hydrogen (secondary N) is 1. The number of aliphatic carboxylic acids is 1. The van der Waals surface area contributed by atoms with Crippen LogP contribution in [0, 0.1) is 13.8 Å². The molecule has 88 valence electrons. The quantitative estimate of drug-likeness (QED) is 0.803. The minimum absolute atomic E-state index is 0.179. The first kappa shape index (κ1) is 12.6. The summed E-state index contributed by atoms with van der Waals surface area (Å²) >= 11 is 0. The van der Waals surface area contributed by atoms with Crippen molar-refractivity contribution in [2.24, 2.45) is 0 Å². The minimum Gasteiger partial charge on any atom is -0.481 e. The van der Waals surface area contributed by atoms with E-state index in [1.807, 2.05) is 13.0 Å². The predicted octanol–water partition coefficient (Wildman–Crippen LogP) is 2.97. The second-order valence-electron chi connectivity index (χ2n) is 4.28. The molecule has 1 unspecified atom stereocenters. The lowest BCUT2D eigenvalue weighted by molar-refractivity contribution is -0.137. The van der Waals surface area contributed by atoms with Crippen LogP contribution in [0.1, 0.15) is 30.9 Å². The lowest BCUT2D eigenvalue weighted by atomic mass is 10.1. The van der Waals surface area contributed by atoms with Gasteiger partial charge in [0.05, 0.1) is 0 Å². The number of carboxylic acids is 1. The number of hydrogen-bond donors (Lipinski definition) is 2. The normalized spacial score (nSPS) is 12.2. The third-order valence-corrected chi connectivity index (χ3v) is 2.71. The SMILES string of the molecule is Cc1ccc(NC(C)CCC(=O)O)cc1C. The zero-order valence-electron chi connectivity index (χ0n) is 10.1. The van der Waals surface area contributed by atoms with Gasteiger partial charge in [0.25, 0.3) is 0 Å². The van der Waals surface area contributed by atoms with Crippen LogP contribution in [-0.2, 0) is 4.79 Å². The van der Waals surface area contributed by atoms with Crippen molar-refractivity contribution < 1.29 is 9.90 Å². The first-order valence-electron chi connectivity index (χ1n) is 5.54. The number of benzene rings is 1. The molecule has 3 nitrogen and oxygen atoms in total. The van der Waals surface area contributed by atoms with Crippen LogP contribution in [0.25, 0.3) is 0 Å². The van der Waals surface area contributed by atoms with Gasteiger partial charge in [-0.2, -0.15) is 0 Å². The predicted molar refractivity (Wildman–Crippen MR) is 65.9 cm³/mol. The van der Waals surface area contributed by atoms with Crippen LogP contribution in [-0.4, -0.2) is 17.1 Å². The second kappa shape index (κ2) is 5.54. The molecule has 0 amide bonds. The van der Waals surface area contributed by atoms with Gasteiger partial charge in [-0.25, -0.2) is 0 Å². The van der Waals surface area contributed by atoms with E-state index in [9.17, 15) is 4.79 Å². The van der Waals surface area contributed by atoms with Gasteiger partial charge in [-0.3, -0.25) is 4.79 Å². The maximum absolute atomic E-state index is 10.4.